The van der Waals surface area contributed by atoms with E-state index in [1.54, 1.807) is 0 Å². The van der Waals surface area contributed by atoms with Gasteiger partial charge >= 0.3 is 0 Å². The first-order valence-electron chi connectivity index (χ1n) is 3.63. The van der Waals surface area contributed by atoms with Crippen LogP contribution in [0, 0.1) is 0 Å². The van der Waals surface area contributed by atoms with Crippen molar-refractivity contribution in [3.63, 3.8) is 0 Å². The molecule has 2 atom stereocenters. The van der Waals surface area contributed by atoms with Crippen molar-refractivity contribution in [2.45, 2.75) is 32.0 Å². The number of aliphatic hydroxyl groups is 3. The van der Waals surface area contributed by atoms with E-state index in [1.807, 2.05) is 6.92 Å². The van der Waals surface area contributed by atoms with Gasteiger partial charge in [0.05, 0.1) is 6.10 Å². The second-order valence-electron chi connectivity index (χ2n) is 2.43. The maximum atomic E-state index is 10.6. The Balaban J connectivity index is 3.80. The van der Waals surface area contributed by atoms with Gasteiger partial charge in [-0.1, -0.05) is 13.3 Å². The zero-order valence-corrected chi connectivity index (χ0v) is 6.53. The lowest BCUT2D eigenvalue weighted by Gasteiger charge is -2.14. The first-order chi connectivity index (χ1) is 5.13. The quantitative estimate of drug-likeness (QED) is 0.488. The summed E-state index contributed by atoms with van der Waals surface area (Å²) in [6, 6.07) is 0. The Morgan fingerprint density at radius 1 is 1.45 bits per heavy atom. The van der Waals surface area contributed by atoms with E-state index in [0.29, 0.717) is 12.8 Å². The molecule has 0 rings (SSSR count). The van der Waals surface area contributed by atoms with Gasteiger partial charge in [-0.15, -0.1) is 0 Å². The van der Waals surface area contributed by atoms with Crippen molar-refractivity contribution < 1.29 is 20.1 Å². The lowest BCUT2D eigenvalue weighted by atomic mass is 10.1. The van der Waals surface area contributed by atoms with Gasteiger partial charge in [-0.2, -0.15) is 0 Å². The predicted molar refractivity (Wildman–Crippen MR) is 39.0 cm³/mol. The Morgan fingerprint density at radius 3 is 2.36 bits per heavy atom. The van der Waals surface area contributed by atoms with E-state index in [4.69, 9.17) is 15.3 Å². The van der Waals surface area contributed by atoms with Gasteiger partial charge in [0.15, 0.2) is 5.78 Å². The number of carbonyl (C=O) groups excluding carboxylic acids is 1. The van der Waals surface area contributed by atoms with Crippen LogP contribution < -0.4 is 0 Å². The molecule has 0 saturated carbocycles. The van der Waals surface area contributed by atoms with Crippen LogP contribution in [0.15, 0.2) is 0 Å². The maximum Gasteiger partial charge on any atom is 0.189 e. The van der Waals surface area contributed by atoms with Crippen molar-refractivity contribution in [2.75, 3.05) is 6.61 Å². The van der Waals surface area contributed by atoms with Crippen LogP contribution in [0.25, 0.3) is 0 Å². The molecule has 0 bridgehead atoms. The van der Waals surface area contributed by atoms with Crippen molar-refractivity contribution in [1.82, 2.24) is 0 Å². The molecule has 4 nitrogen and oxygen atoms in total. The molecule has 66 valence electrons. The molecule has 11 heavy (non-hydrogen) atoms. The number of ketones is 1. The van der Waals surface area contributed by atoms with Crippen LogP contribution >= 0.6 is 0 Å². The van der Waals surface area contributed by atoms with E-state index in [0.717, 1.165) is 0 Å². The Bertz CT molecular complexity index is 124. The molecule has 0 spiro atoms. The van der Waals surface area contributed by atoms with Crippen molar-refractivity contribution in [3.8, 4) is 0 Å². The Hall–Kier alpha value is -0.450. The second kappa shape index (κ2) is 5.23. The first-order valence-corrected chi connectivity index (χ1v) is 3.63. The topological polar surface area (TPSA) is 77.8 Å². The number of hydrogen-bond acceptors (Lipinski definition) is 4. The largest absolute Gasteiger partial charge is 0.390 e. The summed E-state index contributed by atoms with van der Waals surface area (Å²) >= 11 is 0. The number of hydrogen-bond donors (Lipinski definition) is 3. The fourth-order valence-electron chi connectivity index (χ4n) is 0.762. The molecule has 0 saturated heterocycles. The first kappa shape index (κ1) is 10.6. The number of aliphatic hydroxyl groups excluding tert-OH is 3. The summed E-state index contributed by atoms with van der Waals surface area (Å²) in [6.45, 7) is 1.11. The predicted octanol–water partition coefficient (Wildman–Crippen LogP) is -0.930. The second-order valence-corrected chi connectivity index (χ2v) is 2.43. The SMILES string of the molecule is CCC[C@@H](O)[C@@H](O)C(=O)CO. The van der Waals surface area contributed by atoms with Crippen molar-refractivity contribution in [3.05, 3.63) is 0 Å². The zero-order chi connectivity index (χ0) is 8.85. The lowest BCUT2D eigenvalue weighted by Crippen LogP contribution is -2.35. The lowest BCUT2D eigenvalue weighted by molar-refractivity contribution is -0.135. The van der Waals surface area contributed by atoms with Gasteiger partial charge in [-0.25, -0.2) is 0 Å². The summed E-state index contributed by atoms with van der Waals surface area (Å²) in [6.07, 6.45) is -1.41. The van der Waals surface area contributed by atoms with E-state index < -0.39 is 24.6 Å². The third-order valence-electron chi connectivity index (χ3n) is 1.43. The van der Waals surface area contributed by atoms with Crippen LogP contribution in [0.1, 0.15) is 19.8 Å². The summed E-state index contributed by atoms with van der Waals surface area (Å²) in [5, 5.41) is 26.3. The maximum absolute atomic E-state index is 10.6. The standard InChI is InChI=1S/C7H14O4/c1-2-3-5(9)7(11)6(10)4-8/h5,7-9,11H,2-4H2,1H3/t5-,7-/m1/s1. The minimum Gasteiger partial charge on any atom is -0.390 e. The normalized spacial score (nSPS) is 16.0. The molecule has 0 aliphatic carbocycles. The molecule has 0 radical (unpaired) electrons. The van der Waals surface area contributed by atoms with E-state index in [-0.39, 0.29) is 0 Å². The van der Waals surface area contributed by atoms with Crippen LogP contribution in [0.5, 0.6) is 0 Å². The molecular weight excluding hydrogens is 148 g/mol. The third-order valence-corrected chi connectivity index (χ3v) is 1.43. The Morgan fingerprint density at radius 2 is 2.00 bits per heavy atom. The summed E-state index contributed by atoms with van der Waals surface area (Å²) in [5.41, 5.74) is 0. The van der Waals surface area contributed by atoms with Crippen molar-refractivity contribution in [1.29, 1.82) is 0 Å². The highest BCUT2D eigenvalue weighted by Gasteiger charge is 2.21. The summed E-state index contributed by atoms with van der Waals surface area (Å²) < 4.78 is 0. The smallest absolute Gasteiger partial charge is 0.189 e. The van der Waals surface area contributed by atoms with Gasteiger partial charge in [0.1, 0.15) is 12.7 Å². The van der Waals surface area contributed by atoms with Gasteiger partial charge < -0.3 is 15.3 Å². The minimum atomic E-state index is -1.43. The average molecular weight is 162 g/mol. The van der Waals surface area contributed by atoms with Gasteiger partial charge in [0, 0.05) is 0 Å². The number of Topliss-reactive ketones (excluding diaryl/α,β-unsaturated/α-hetero) is 1. The molecule has 0 aromatic rings. The van der Waals surface area contributed by atoms with Crippen molar-refractivity contribution in [2.24, 2.45) is 0 Å². The molecule has 0 aromatic heterocycles. The molecular formula is C7H14O4. The van der Waals surface area contributed by atoms with Crippen molar-refractivity contribution >= 4 is 5.78 Å². The average Bonchev–Trinajstić information content (AvgIpc) is 2.02. The summed E-state index contributed by atoms with van der Waals surface area (Å²) in [7, 11) is 0. The molecule has 0 aliphatic rings. The monoisotopic (exact) mass is 162 g/mol. The van der Waals surface area contributed by atoms with Crippen LogP contribution in [0.4, 0.5) is 0 Å². The fourth-order valence-corrected chi connectivity index (χ4v) is 0.762. The number of rotatable bonds is 5. The van der Waals surface area contributed by atoms with Crippen LogP contribution in [-0.2, 0) is 4.79 Å². The molecule has 3 N–H and O–H groups in total. The zero-order valence-electron chi connectivity index (χ0n) is 6.53. The van der Waals surface area contributed by atoms with E-state index in [1.165, 1.54) is 0 Å². The molecule has 4 heteroatoms. The van der Waals surface area contributed by atoms with E-state index >= 15 is 0 Å². The molecule has 0 heterocycles. The van der Waals surface area contributed by atoms with E-state index in [2.05, 4.69) is 0 Å². The van der Waals surface area contributed by atoms with Gasteiger partial charge in [-0.05, 0) is 6.42 Å². The Labute approximate surface area is 65.5 Å². The Kier molecular flexibility index (Phi) is 5.02. The summed E-state index contributed by atoms with van der Waals surface area (Å²) in [5.74, 6) is -0.731. The van der Waals surface area contributed by atoms with Crippen LogP contribution in [-0.4, -0.2) is 39.9 Å². The van der Waals surface area contributed by atoms with Crippen LogP contribution in [0.3, 0.4) is 0 Å². The van der Waals surface area contributed by atoms with Gasteiger partial charge in [0.25, 0.3) is 0 Å². The minimum absolute atomic E-state index is 0.368. The summed E-state index contributed by atoms with van der Waals surface area (Å²) in [4.78, 5) is 10.6. The highest BCUT2D eigenvalue weighted by atomic mass is 16.3. The highest BCUT2D eigenvalue weighted by Crippen LogP contribution is 2.02. The van der Waals surface area contributed by atoms with Crippen LogP contribution in [0.2, 0.25) is 0 Å². The molecule has 0 aliphatic heterocycles. The molecule has 0 amide bonds. The number of carbonyl (C=O) groups is 1. The van der Waals surface area contributed by atoms with Gasteiger partial charge in [-0.3, -0.25) is 4.79 Å². The fraction of sp³-hybridized carbons (Fsp3) is 0.857. The molecule has 0 unspecified atom stereocenters. The molecule has 0 aromatic carbocycles. The highest BCUT2D eigenvalue weighted by molar-refractivity contribution is 5.84. The molecule has 0 fully saturated rings. The van der Waals surface area contributed by atoms with E-state index in [9.17, 15) is 4.79 Å². The third kappa shape index (κ3) is 3.46. The van der Waals surface area contributed by atoms with Gasteiger partial charge in [0.2, 0.25) is 0 Å².